The van der Waals surface area contributed by atoms with Crippen molar-refractivity contribution in [2.24, 2.45) is 5.84 Å². The van der Waals surface area contributed by atoms with Crippen molar-refractivity contribution in [2.45, 2.75) is 36.6 Å². The normalized spacial score (nSPS) is 18.5. The fourth-order valence-electron chi connectivity index (χ4n) is 1.72. The van der Waals surface area contributed by atoms with Gasteiger partial charge < -0.3 is 0 Å². The van der Waals surface area contributed by atoms with Crippen molar-refractivity contribution in [1.82, 2.24) is 14.7 Å². The van der Waals surface area contributed by atoms with E-state index in [1.54, 1.807) is 0 Å². The van der Waals surface area contributed by atoms with Crippen LogP contribution in [0.3, 0.4) is 0 Å². The molecule has 0 saturated heterocycles. The third-order valence-corrected chi connectivity index (χ3v) is 4.50. The number of sulfonamides is 1. The van der Waals surface area contributed by atoms with Gasteiger partial charge in [0.2, 0.25) is 16.0 Å². The van der Waals surface area contributed by atoms with E-state index >= 15 is 0 Å². The SMILES string of the molecule is CC1(NS(=O)(=O)c2cnc(NN)nc2)CCC1. The first-order chi connectivity index (χ1) is 7.95. The number of rotatable bonds is 4. The molecule has 8 heteroatoms. The number of hydrogen-bond donors (Lipinski definition) is 3. The largest absolute Gasteiger partial charge is 0.292 e. The van der Waals surface area contributed by atoms with Crippen LogP contribution in [-0.4, -0.2) is 23.9 Å². The minimum atomic E-state index is -3.55. The van der Waals surface area contributed by atoms with Gasteiger partial charge in [0.1, 0.15) is 4.90 Å². The van der Waals surface area contributed by atoms with E-state index in [2.05, 4.69) is 20.1 Å². The molecule has 0 bridgehead atoms. The highest BCUT2D eigenvalue weighted by molar-refractivity contribution is 7.89. The summed E-state index contributed by atoms with van der Waals surface area (Å²) in [5.41, 5.74) is 1.91. The van der Waals surface area contributed by atoms with Crippen molar-refractivity contribution in [3.8, 4) is 0 Å². The summed E-state index contributed by atoms with van der Waals surface area (Å²) in [6, 6.07) is 0. The standard InChI is InChI=1S/C9H15N5O2S/c1-9(3-2-4-9)14-17(15,16)7-5-11-8(13-10)12-6-7/h5-6,14H,2-4,10H2,1H3,(H,11,12,13). The number of hydrogen-bond acceptors (Lipinski definition) is 6. The third-order valence-electron chi connectivity index (χ3n) is 2.91. The van der Waals surface area contributed by atoms with E-state index in [4.69, 9.17) is 5.84 Å². The van der Waals surface area contributed by atoms with Gasteiger partial charge in [0, 0.05) is 5.54 Å². The number of anilines is 1. The maximum absolute atomic E-state index is 12.0. The zero-order valence-electron chi connectivity index (χ0n) is 9.47. The highest BCUT2D eigenvalue weighted by Crippen LogP contribution is 2.32. The third kappa shape index (κ3) is 2.54. The lowest BCUT2D eigenvalue weighted by Crippen LogP contribution is -2.50. The summed E-state index contributed by atoms with van der Waals surface area (Å²) in [6.45, 7) is 1.89. The Bertz CT molecular complexity index is 495. The van der Waals surface area contributed by atoms with Gasteiger partial charge in [-0.1, -0.05) is 0 Å². The monoisotopic (exact) mass is 257 g/mol. The van der Waals surface area contributed by atoms with Gasteiger partial charge in [-0.25, -0.2) is 29.0 Å². The van der Waals surface area contributed by atoms with Gasteiger partial charge in [0.05, 0.1) is 12.4 Å². The highest BCUT2D eigenvalue weighted by atomic mass is 32.2. The van der Waals surface area contributed by atoms with Crippen molar-refractivity contribution in [2.75, 3.05) is 5.43 Å². The number of hydrazine groups is 1. The van der Waals surface area contributed by atoms with E-state index in [9.17, 15) is 8.42 Å². The predicted molar refractivity (Wildman–Crippen MR) is 62.4 cm³/mol. The van der Waals surface area contributed by atoms with E-state index in [0.29, 0.717) is 0 Å². The fraction of sp³-hybridized carbons (Fsp3) is 0.556. The smallest absolute Gasteiger partial charge is 0.244 e. The molecule has 1 aromatic heterocycles. The Hall–Kier alpha value is -1.25. The molecule has 1 fully saturated rings. The summed E-state index contributed by atoms with van der Waals surface area (Å²) < 4.78 is 26.7. The maximum Gasteiger partial charge on any atom is 0.244 e. The molecule has 1 aromatic rings. The van der Waals surface area contributed by atoms with Crippen molar-refractivity contribution in [1.29, 1.82) is 0 Å². The minimum absolute atomic E-state index is 0.0459. The minimum Gasteiger partial charge on any atom is -0.292 e. The van der Waals surface area contributed by atoms with Crippen LogP contribution in [0.2, 0.25) is 0 Å². The van der Waals surface area contributed by atoms with Crippen molar-refractivity contribution < 1.29 is 8.42 Å². The first-order valence-corrected chi connectivity index (χ1v) is 6.76. The number of nitrogens with zero attached hydrogens (tertiary/aromatic N) is 2. The summed E-state index contributed by atoms with van der Waals surface area (Å²) in [6.07, 6.45) is 5.22. The summed E-state index contributed by atoms with van der Waals surface area (Å²) in [5, 5.41) is 0. The van der Waals surface area contributed by atoms with Crippen LogP contribution in [0.25, 0.3) is 0 Å². The quantitative estimate of drug-likeness (QED) is 0.516. The first-order valence-electron chi connectivity index (χ1n) is 5.28. The lowest BCUT2D eigenvalue weighted by Gasteiger charge is -2.38. The Morgan fingerprint density at radius 3 is 2.35 bits per heavy atom. The average molecular weight is 257 g/mol. The van der Waals surface area contributed by atoms with Crippen LogP contribution in [0.1, 0.15) is 26.2 Å². The Morgan fingerprint density at radius 2 is 1.94 bits per heavy atom. The van der Waals surface area contributed by atoms with Gasteiger partial charge in [0.25, 0.3) is 0 Å². The number of nitrogen functional groups attached to an aromatic ring is 1. The second kappa shape index (κ2) is 4.21. The van der Waals surface area contributed by atoms with Crippen LogP contribution >= 0.6 is 0 Å². The second-order valence-electron chi connectivity index (χ2n) is 4.41. The van der Waals surface area contributed by atoms with E-state index in [1.807, 2.05) is 6.92 Å². The second-order valence-corrected chi connectivity index (χ2v) is 6.09. The molecule has 1 heterocycles. The predicted octanol–water partition coefficient (Wildman–Crippen LogP) is -0.0169. The van der Waals surface area contributed by atoms with Crippen LogP contribution in [0, 0.1) is 0 Å². The van der Waals surface area contributed by atoms with Gasteiger partial charge in [-0.2, -0.15) is 0 Å². The topological polar surface area (TPSA) is 110 Å². The molecule has 1 aliphatic rings. The summed E-state index contributed by atoms with van der Waals surface area (Å²) in [7, 11) is -3.55. The molecule has 94 valence electrons. The van der Waals surface area contributed by atoms with Crippen LogP contribution in [0.4, 0.5) is 5.95 Å². The molecule has 1 saturated carbocycles. The molecule has 0 atom stereocenters. The molecule has 1 aliphatic carbocycles. The van der Waals surface area contributed by atoms with Crippen molar-refractivity contribution >= 4 is 16.0 Å². The van der Waals surface area contributed by atoms with Gasteiger partial charge in [-0.05, 0) is 26.2 Å². The van der Waals surface area contributed by atoms with Gasteiger partial charge in [-0.3, -0.25) is 5.43 Å². The molecular formula is C9H15N5O2S. The zero-order chi connectivity index (χ0) is 12.5. The molecule has 0 spiro atoms. The molecule has 0 radical (unpaired) electrons. The zero-order valence-corrected chi connectivity index (χ0v) is 10.3. The molecule has 0 unspecified atom stereocenters. The van der Waals surface area contributed by atoms with Crippen LogP contribution in [-0.2, 0) is 10.0 Å². The lowest BCUT2D eigenvalue weighted by atomic mass is 9.80. The fourth-order valence-corrected chi connectivity index (χ4v) is 3.08. The van der Waals surface area contributed by atoms with Gasteiger partial charge in [-0.15, -0.1) is 0 Å². The van der Waals surface area contributed by atoms with Crippen LogP contribution in [0.15, 0.2) is 17.3 Å². The summed E-state index contributed by atoms with van der Waals surface area (Å²) in [4.78, 5) is 7.59. The summed E-state index contributed by atoms with van der Waals surface area (Å²) in [5.74, 6) is 5.28. The maximum atomic E-state index is 12.0. The van der Waals surface area contributed by atoms with Gasteiger partial charge in [0.15, 0.2) is 0 Å². The lowest BCUT2D eigenvalue weighted by molar-refractivity contribution is 0.248. The molecule has 0 aromatic carbocycles. The van der Waals surface area contributed by atoms with E-state index < -0.39 is 10.0 Å². The Kier molecular flexibility index (Phi) is 3.02. The average Bonchev–Trinajstić information content (AvgIpc) is 2.26. The number of aromatic nitrogens is 2. The number of nitrogens with one attached hydrogen (secondary N) is 2. The van der Waals surface area contributed by atoms with Crippen LogP contribution in [0.5, 0.6) is 0 Å². The molecule has 0 amide bonds. The number of nitrogens with two attached hydrogens (primary N) is 1. The van der Waals surface area contributed by atoms with Crippen LogP contribution < -0.4 is 16.0 Å². The van der Waals surface area contributed by atoms with E-state index in [-0.39, 0.29) is 16.4 Å². The summed E-state index contributed by atoms with van der Waals surface area (Å²) >= 11 is 0. The molecular weight excluding hydrogens is 242 g/mol. The highest BCUT2D eigenvalue weighted by Gasteiger charge is 2.36. The van der Waals surface area contributed by atoms with E-state index in [1.165, 1.54) is 12.4 Å². The Morgan fingerprint density at radius 1 is 1.35 bits per heavy atom. The van der Waals surface area contributed by atoms with E-state index in [0.717, 1.165) is 19.3 Å². The molecule has 0 aliphatic heterocycles. The molecule has 7 nitrogen and oxygen atoms in total. The molecule has 4 N–H and O–H groups in total. The Balaban J connectivity index is 2.19. The molecule has 17 heavy (non-hydrogen) atoms. The van der Waals surface area contributed by atoms with Gasteiger partial charge >= 0.3 is 0 Å². The molecule has 2 rings (SSSR count). The Labute approximate surface area is 99.9 Å². The van der Waals surface area contributed by atoms with Crippen molar-refractivity contribution in [3.05, 3.63) is 12.4 Å². The van der Waals surface area contributed by atoms with Crippen molar-refractivity contribution in [3.63, 3.8) is 0 Å². The first kappa shape index (κ1) is 12.2.